The minimum absolute atomic E-state index is 0.631. The van der Waals surface area contributed by atoms with Gasteiger partial charge < -0.3 is 9.73 Å². The van der Waals surface area contributed by atoms with Gasteiger partial charge in [0.05, 0.1) is 19.9 Å². The van der Waals surface area contributed by atoms with Crippen molar-refractivity contribution in [1.82, 2.24) is 14.5 Å². The summed E-state index contributed by atoms with van der Waals surface area (Å²) in [6.45, 7) is 3.94. The quantitative estimate of drug-likeness (QED) is 0.659. The molecule has 0 atom stereocenters. The molecular formula is C15H17N5O. The smallest absolute Gasteiger partial charge is 0.317 e. The lowest BCUT2D eigenvalue weighted by atomic mass is 10.3. The maximum Gasteiger partial charge on any atom is 0.317 e. The molecule has 1 aromatic carbocycles. The summed E-state index contributed by atoms with van der Waals surface area (Å²) >= 11 is 0. The Kier molecular flexibility index (Phi) is 3.21. The summed E-state index contributed by atoms with van der Waals surface area (Å²) in [6, 6.07) is 7.57. The maximum absolute atomic E-state index is 5.15. The van der Waals surface area contributed by atoms with Gasteiger partial charge in [0.15, 0.2) is 0 Å². The van der Waals surface area contributed by atoms with E-state index in [1.807, 2.05) is 55.8 Å². The number of fused-ring (bicyclic) bond motifs is 1. The van der Waals surface area contributed by atoms with Gasteiger partial charge >= 0.3 is 5.65 Å². The van der Waals surface area contributed by atoms with Crippen molar-refractivity contribution in [2.45, 2.75) is 13.8 Å². The first-order valence-electron chi connectivity index (χ1n) is 6.67. The van der Waals surface area contributed by atoms with Crippen LogP contribution in [-0.2, 0) is 7.05 Å². The van der Waals surface area contributed by atoms with Crippen LogP contribution < -0.4 is 20.1 Å². The van der Waals surface area contributed by atoms with E-state index in [4.69, 9.17) is 4.74 Å². The second-order valence-electron chi connectivity index (χ2n) is 4.89. The average Bonchev–Trinajstić information content (AvgIpc) is 2.76. The first-order valence-corrected chi connectivity index (χ1v) is 6.67. The van der Waals surface area contributed by atoms with Crippen LogP contribution in [0.3, 0.4) is 0 Å². The first kappa shape index (κ1) is 13.4. The van der Waals surface area contributed by atoms with E-state index in [0.29, 0.717) is 5.62 Å². The van der Waals surface area contributed by atoms with Gasteiger partial charge in [0.1, 0.15) is 17.6 Å². The summed E-state index contributed by atoms with van der Waals surface area (Å²) in [6.07, 6.45) is 1.94. The topological polar surface area (TPSA) is 56.9 Å². The molecule has 0 saturated carbocycles. The molecule has 0 spiro atoms. The summed E-state index contributed by atoms with van der Waals surface area (Å²) in [7, 11) is 3.54. The predicted molar refractivity (Wildman–Crippen MR) is 77.4 cm³/mol. The Hall–Kier alpha value is -2.63. The van der Waals surface area contributed by atoms with Crippen LogP contribution in [0.5, 0.6) is 5.75 Å². The van der Waals surface area contributed by atoms with Crippen molar-refractivity contribution in [2.24, 2.45) is 12.0 Å². The fourth-order valence-corrected chi connectivity index (χ4v) is 2.39. The third kappa shape index (κ3) is 2.40. The van der Waals surface area contributed by atoms with Crippen molar-refractivity contribution >= 4 is 11.3 Å². The van der Waals surface area contributed by atoms with Crippen LogP contribution in [0.25, 0.3) is 5.65 Å². The highest BCUT2D eigenvalue weighted by atomic mass is 16.5. The molecule has 0 N–H and O–H groups in total. The monoisotopic (exact) mass is 283 g/mol. The van der Waals surface area contributed by atoms with Gasteiger partial charge in [0.25, 0.3) is 0 Å². The summed E-state index contributed by atoms with van der Waals surface area (Å²) in [5.74, 6) is 0.809. The van der Waals surface area contributed by atoms with E-state index < -0.39 is 0 Å². The van der Waals surface area contributed by atoms with Gasteiger partial charge in [-0.2, -0.15) is 14.2 Å². The van der Waals surface area contributed by atoms with Crippen molar-refractivity contribution in [3.63, 3.8) is 0 Å². The Morgan fingerprint density at radius 3 is 2.62 bits per heavy atom. The van der Waals surface area contributed by atoms with Crippen LogP contribution >= 0.6 is 0 Å². The zero-order valence-electron chi connectivity index (χ0n) is 12.5. The van der Waals surface area contributed by atoms with E-state index in [0.717, 1.165) is 28.5 Å². The largest absolute Gasteiger partial charge is 0.497 e. The van der Waals surface area contributed by atoms with E-state index in [2.05, 4.69) is 15.1 Å². The van der Waals surface area contributed by atoms with Crippen molar-refractivity contribution in [3.05, 3.63) is 47.5 Å². The Balaban J connectivity index is 2.21. The summed E-state index contributed by atoms with van der Waals surface area (Å²) in [5, 5.41) is 4.47. The number of hydrogen-bond donors (Lipinski definition) is 0. The average molecular weight is 283 g/mol. The van der Waals surface area contributed by atoms with E-state index in [1.54, 1.807) is 11.8 Å². The molecule has 0 aliphatic rings. The summed E-state index contributed by atoms with van der Waals surface area (Å²) in [5.41, 5.74) is 4.26. The number of nitrogens with zero attached hydrogens (tertiary/aromatic N) is 5. The fraction of sp³-hybridized carbons (Fsp3) is 0.267. The lowest BCUT2D eigenvalue weighted by Gasteiger charge is -2.00. The van der Waals surface area contributed by atoms with Gasteiger partial charge in [-0.05, 0) is 43.8 Å². The van der Waals surface area contributed by atoms with Gasteiger partial charge in [-0.25, -0.2) is 4.98 Å². The van der Waals surface area contributed by atoms with Gasteiger partial charge in [-0.15, -0.1) is 0 Å². The van der Waals surface area contributed by atoms with Gasteiger partial charge in [0.2, 0.25) is 5.62 Å². The molecule has 0 aliphatic heterocycles. The molecule has 0 aliphatic carbocycles. The van der Waals surface area contributed by atoms with Crippen molar-refractivity contribution < 1.29 is 9.42 Å². The lowest BCUT2D eigenvalue weighted by molar-refractivity contribution is -0.710. The van der Waals surface area contributed by atoms with E-state index in [-0.39, 0.29) is 0 Å². The fourth-order valence-electron chi connectivity index (χ4n) is 2.39. The molecule has 6 heteroatoms. The SMILES string of the molecule is COc1ccc(N=c2[n-][n+](C)c3c(C)nc(C)cn23)cc1. The first-order chi connectivity index (χ1) is 10.1. The number of rotatable bonds is 2. The molecule has 0 saturated heterocycles. The zero-order chi connectivity index (χ0) is 15.0. The molecule has 21 heavy (non-hydrogen) atoms. The molecule has 0 radical (unpaired) electrons. The van der Waals surface area contributed by atoms with Gasteiger partial charge in [0, 0.05) is 0 Å². The maximum atomic E-state index is 5.15. The molecule has 3 rings (SSSR count). The summed E-state index contributed by atoms with van der Waals surface area (Å²) in [4.78, 5) is 9.06. The highest BCUT2D eigenvalue weighted by Crippen LogP contribution is 2.16. The van der Waals surface area contributed by atoms with E-state index in [1.165, 1.54) is 0 Å². The van der Waals surface area contributed by atoms with Crippen molar-refractivity contribution in [2.75, 3.05) is 7.11 Å². The van der Waals surface area contributed by atoms with Crippen LogP contribution in [0, 0.1) is 13.8 Å². The third-order valence-corrected chi connectivity index (χ3v) is 3.27. The van der Waals surface area contributed by atoms with E-state index in [9.17, 15) is 0 Å². The molecule has 2 heterocycles. The molecule has 0 amide bonds. The molecular weight excluding hydrogens is 266 g/mol. The molecule has 0 bridgehead atoms. The minimum atomic E-state index is 0.631. The number of aryl methyl sites for hydroxylation is 3. The third-order valence-electron chi connectivity index (χ3n) is 3.27. The summed E-state index contributed by atoms with van der Waals surface area (Å²) < 4.78 is 8.91. The number of methoxy groups -OCH3 is 1. The Bertz CT molecular complexity index is 858. The zero-order valence-corrected chi connectivity index (χ0v) is 12.5. The van der Waals surface area contributed by atoms with Gasteiger partial charge in [-0.3, -0.25) is 0 Å². The molecule has 0 fully saturated rings. The molecule has 6 nitrogen and oxygen atoms in total. The second kappa shape index (κ2) is 5.05. The van der Waals surface area contributed by atoms with Crippen molar-refractivity contribution in [1.29, 1.82) is 0 Å². The van der Waals surface area contributed by atoms with Crippen LogP contribution in [0.2, 0.25) is 0 Å². The van der Waals surface area contributed by atoms with Crippen molar-refractivity contribution in [3.8, 4) is 5.75 Å². The van der Waals surface area contributed by atoms with Crippen LogP contribution in [-0.4, -0.2) is 16.5 Å². The Morgan fingerprint density at radius 2 is 1.95 bits per heavy atom. The highest BCUT2D eigenvalue weighted by molar-refractivity contribution is 5.41. The van der Waals surface area contributed by atoms with Gasteiger partial charge in [-0.1, -0.05) is 0 Å². The predicted octanol–water partition coefficient (Wildman–Crippen LogP) is 0.974. The Labute approximate surface area is 122 Å². The number of aromatic nitrogens is 4. The normalized spacial score (nSPS) is 12.1. The van der Waals surface area contributed by atoms with Crippen LogP contribution in [0.15, 0.2) is 35.5 Å². The number of ether oxygens (including phenoxy) is 1. The highest BCUT2D eigenvalue weighted by Gasteiger charge is 2.12. The molecule has 3 aromatic rings. The Morgan fingerprint density at radius 1 is 1.24 bits per heavy atom. The molecule has 108 valence electrons. The lowest BCUT2D eigenvalue weighted by Crippen LogP contribution is -2.36. The second-order valence-corrected chi connectivity index (χ2v) is 4.89. The minimum Gasteiger partial charge on any atom is -0.497 e. The van der Waals surface area contributed by atoms with Crippen LogP contribution in [0.4, 0.5) is 5.69 Å². The number of benzene rings is 1. The van der Waals surface area contributed by atoms with E-state index >= 15 is 0 Å². The molecule has 2 aromatic heterocycles. The van der Waals surface area contributed by atoms with Crippen LogP contribution in [0.1, 0.15) is 11.4 Å². The standard InChI is InChI=1S/C15H17N5O/c1-10-9-20-14(11(2)16-10)19(3)18-15(20)17-12-5-7-13(21-4)8-6-12/h5-9H,1-4H3. The number of hydrogen-bond acceptors (Lipinski definition) is 3. The molecule has 0 unspecified atom stereocenters.